The topological polar surface area (TPSA) is 85.0 Å². The Bertz CT molecular complexity index is 1110. The lowest BCUT2D eigenvalue weighted by Gasteiger charge is -2.22. The highest BCUT2D eigenvalue weighted by Crippen LogP contribution is 2.38. The summed E-state index contributed by atoms with van der Waals surface area (Å²) < 4.78 is 5.15. The summed E-state index contributed by atoms with van der Waals surface area (Å²) in [6, 6.07) is 22.1. The first kappa shape index (κ1) is 19.3. The van der Waals surface area contributed by atoms with Gasteiger partial charge in [0.15, 0.2) is 0 Å². The van der Waals surface area contributed by atoms with Crippen LogP contribution in [0.2, 0.25) is 0 Å². The summed E-state index contributed by atoms with van der Waals surface area (Å²) in [5, 5.41) is 17.5. The van der Waals surface area contributed by atoms with Crippen molar-refractivity contribution < 1.29 is 14.5 Å². The molecule has 1 aliphatic rings. The van der Waals surface area contributed by atoms with E-state index < -0.39 is 11.0 Å². The largest absolute Gasteiger partial charge is 0.497 e. The van der Waals surface area contributed by atoms with E-state index in [0.29, 0.717) is 29.0 Å². The Hall–Kier alpha value is -4.00. The number of hydrogen-bond acceptors (Lipinski definition) is 5. The summed E-state index contributed by atoms with van der Waals surface area (Å²) in [6.45, 7) is 0. The van der Waals surface area contributed by atoms with Crippen LogP contribution in [0.15, 0.2) is 84.0 Å². The van der Waals surface area contributed by atoms with Crippen LogP contribution < -0.4 is 4.74 Å². The van der Waals surface area contributed by atoms with Crippen LogP contribution in [-0.4, -0.2) is 28.7 Å². The molecule has 0 aromatic heterocycles. The van der Waals surface area contributed by atoms with Crippen molar-refractivity contribution in [3.63, 3.8) is 0 Å². The normalized spacial score (nSPS) is 15.6. The number of carbonyl (C=O) groups is 1. The number of nitro groups is 1. The Morgan fingerprint density at radius 3 is 2.37 bits per heavy atom. The van der Waals surface area contributed by atoms with Crippen LogP contribution in [0, 0.1) is 10.1 Å². The minimum atomic E-state index is -0.573. The molecule has 0 fully saturated rings. The number of rotatable bonds is 5. The van der Waals surface area contributed by atoms with Gasteiger partial charge in [0, 0.05) is 18.1 Å². The van der Waals surface area contributed by atoms with Crippen molar-refractivity contribution in [2.45, 2.75) is 12.5 Å². The van der Waals surface area contributed by atoms with Crippen LogP contribution in [0.4, 0.5) is 5.69 Å². The molecule has 7 nitrogen and oxygen atoms in total. The SMILES string of the molecule is COc1ccc(C(=O)N2N=C(c3ccccc3)C[C@@H]2c2ccccc2[N+](=O)[O-])cc1. The van der Waals surface area contributed by atoms with Gasteiger partial charge < -0.3 is 4.74 Å². The number of nitro benzene ring substituents is 1. The van der Waals surface area contributed by atoms with E-state index in [9.17, 15) is 14.9 Å². The first-order valence-electron chi connectivity index (χ1n) is 9.42. The molecule has 3 aromatic carbocycles. The van der Waals surface area contributed by atoms with Crippen molar-refractivity contribution in [1.29, 1.82) is 0 Å². The molecular weight excluding hydrogens is 382 g/mol. The van der Waals surface area contributed by atoms with Crippen LogP contribution >= 0.6 is 0 Å². The zero-order valence-corrected chi connectivity index (χ0v) is 16.3. The van der Waals surface area contributed by atoms with Gasteiger partial charge in [0.1, 0.15) is 5.75 Å². The number of para-hydroxylation sites is 1. The van der Waals surface area contributed by atoms with Gasteiger partial charge in [0.25, 0.3) is 11.6 Å². The number of amides is 1. The highest BCUT2D eigenvalue weighted by Gasteiger charge is 2.37. The second-order valence-corrected chi connectivity index (χ2v) is 6.83. The zero-order valence-electron chi connectivity index (χ0n) is 16.3. The molecule has 0 bridgehead atoms. The molecule has 0 saturated carbocycles. The first-order valence-corrected chi connectivity index (χ1v) is 9.42. The standard InChI is InChI=1S/C23H19N3O4/c1-30-18-13-11-17(12-14-18)23(27)25-22(19-9-5-6-10-21(19)26(28)29)15-20(24-25)16-7-3-2-4-8-16/h2-14,22H,15H2,1H3/t22-/m1/s1. The number of hydrazone groups is 1. The van der Waals surface area contributed by atoms with Crippen LogP contribution in [-0.2, 0) is 0 Å². The molecule has 150 valence electrons. The van der Waals surface area contributed by atoms with Crippen LogP contribution in [0.5, 0.6) is 5.75 Å². The minimum Gasteiger partial charge on any atom is -0.497 e. The molecule has 1 atom stereocenters. The average molecular weight is 401 g/mol. The van der Waals surface area contributed by atoms with E-state index in [4.69, 9.17) is 4.74 Å². The zero-order chi connectivity index (χ0) is 21.1. The fourth-order valence-electron chi connectivity index (χ4n) is 3.55. The molecule has 1 heterocycles. The second-order valence-electron chi connectivity index (χ2n) is 6.83. The summed E-state index contributed by atoms with van der Waals surface area (Å²) >= 11 is 0. The predicted molar refractivity (Wildman–Crippen MR) is 113 cm³/mol. The van der Waals surface area contributed by atoms with Gasteiger partial charge in [-0.25, -0.2) is 5.01 Å². The molecule has 3 aromatic rings. The lowest BCUT2D eigenvalue weighted by molar-refractivity contribution is -0.385. The molecule has 0 aliphatic carbocycles. The Balaban J connectivity index is 1.76. The molecule has 30 heavy (non-hydrogen) atoms. The number of nitrogens with zero attached hydrogens (tertiary/aromatic N) is 3. The van der Waals surface area contributed by atoms with Crippen molar-refractivity contribution in [2.24, 2.45) is 5.10 Å². The fraction of sp³-hybridized carbons (Fsp3) is 0.130. The Morgan fingerprint density at radius 2 is 1.70 bits per heavy atom. The van der Waals surface area contributed by atoms with E-state index in [-0.39, 0.29) is 11.6 Å². The van der Waals surface area contributed by atoms with Crippen LogP contribution in [0.1, 0.15) is 33.9 Å². The molecule has 4 rings (SSSR count). The monoisotopic (exact) mass is 401 g/mol. The summed E-state index contributed by atoms with van der Waals surface area (Å²) in [5.41, 5.74) is 2.45. The minimum absolute atomic E-state index is 0.0282. The van der Waals surface area contributed by atoms with Crippen molar-refractivity contribution in [3.05, 3.63) is 106 Å². The third kappa shape index (κ3) is 3.65. The predicted octanol–water partition coefficient (Wildman–Crippen LogP) is 4.59. The molecule has 0 radical (unpaired) electrons. The number of carbonyl (C=O) groups excluding carboxylic acids is 1. The van der Waals surface area contributed by atoms with Gasteiger partial charge in [0.2, 0.25) is 0 Å². The highest BCUT2D eigenvalue weighted by atomic mass is 16.6. The molecule has 0 unspecified atom stereocenters. The lowest BCUT2D eigenvalue weighted by Crippen LogP contribution is -2.27. The highest BCUT2D eigenvalue weighted by molar-refractivity contribution is 6.05. The Labute approximate surface area is 173 Å². The fourth-order valence-corrected chi connectivity index (χ4v) is 3.55. The van der Waals surface area contributed by atoms with Gasteiger partial charge in [-0.05, 0) is 35.9 Å². The number of benzene rings is 3. The molecule has 1 amide bonds. The van der Waals surface area contributed by atoms with E-state index in [0.717, 1.165) is 5.56 Å². The van der Waals surface area contributed by atoms with Crippen molar-refractivity contribution in [2.75, 3.05) is 7.11 Å². The van der Waals surface area contributed by atoms with Crippen molar-refractivity contribution in [3.8, 4) is 5.75 Å². The maximum atomic E-state index is 13.3. The van der Waals surface area contributed by atoms with Crippen LogP contribution in [0.3, 0.4) is 0 Å². The van der Waals surface area contributed by atoms with E-state index in [1.807, 2.05) is 30.3 Å². The third-order valence-corrected chi connectivity index (χ3v) is 5.05. The molecule has 1 aliphatic heterocycles. The number of ether oxygens (including phenoxy) is 1. The van der Waals surface area contributed by atoms with E-state index >= 15 is 0 Å². The summed E-state index contributed by atoms with van der Waals surface area (Å²) in [4.78, 5) is 24.5. The first-order chi connectivity index (χ1) is 14.6. The summed E-state index contributed by atoms with van der Waals surface area (Å²) in [7, 11) is 1.55. The average Bonchev–Trinajstić information content (AvgIpc) is 3.24. The van der Waals surface area contributed by atoms with Gasteiger partial charge in [0.05, 0.1) is 29.4 Å². The van der Waals surface area contributed by atoms with Gasteiger partial charge in [-0.3, -0.25) is 14.9 Å². The van der Waals surface area contributed by atoms with Gasteiger partial charge in [-0.15, -0.1) is 0 Å². The van der Waals surface area contributed by atoms with Crippen molar-refractivity contribution in [1.82, 2.24) is 5.01 Å². The molecule has 0 saturated heterocycles. The lowest BCUT2D eigenvalue weighted by atomic mass is 9.97. The van der Waals surface area contributed by atoms with Gasteiger partial charge in [-0.1, -0.05) is 42.5 Å². The number of methoxy groups -OCH3 is 1. The van der Waals surface area contributed by atoms with Gasteiger partial charge in [-0.2, -0.15) is 5.10 Å². The summed E-state index contributed by atoms with van der Waals surface area (Å²) in [5.74, 6) is 0.309. The smallest absolute Gasteiger partial charge is 0.274 e. The van der Waals surface area contributed by atoms with Crippen molar-refractivity contribution >= 4 is 17.3 Å². The second kappa shape index (κ2) is 8.16. The summed E-state index contributed by atoms with van der Waals surface area (Å²) in [6.07, 6.45) is 0.386. The maximum absolute atomic E-state index is 13.3. The van der Waals surface area contributed by atoms with Gasteiger partial charge >= 0.3 is 0 Å². The quantitative estimate of drug-likeness (QED) is 0.462. The van der Waals surface area contributed by atoms with Crippen LogP contribution in [0.25, 0.3) is 0 Å². The third-order valence-electron chi connectivity index (χ3n) is 5.05. The molecule has 0 spiro atoms. The Kier molecular flexibility index (Phi) is 5.26. The number of hydrogen-bond donors (Lipinski definition) is 0. The maximum Gasteiger partial charge on any atom is 0.274 e. The van der Waals surface area contributed by atoms with E-state index in [1.54, 1.807) is 49.6 Å². The Morgan fingerprint density at radius 1 is 1.03 bits per heavy atom. The molecule has 7 heteroatoms. The van der Waals surface area contributed by atoms with E-state index in [1.165, 1.54) is 11.1 Å². The van der Waals surface area contributed by atoms with E-state index in [2.05, 4.69) is 5.10 Å². The molecular formula is C23H19N3O4. The molecule has 0 N–H and O–H groups in total.